The van der Waals surface area contributed by atoms with Gasteiger partial charge in [0.05, 0.1) is 16.6 Å². The van der Waals surface area contributed by atoms with Gasteiger partial charge in [-0.25, -0.2) is 9.97 Å². The van der Waals surface area contributed by atoms with E-state index in [-0.39, 0.29) is 5.92 Å². The molecule has 0 radical (unpaired) electrons. The standard InChI is InChI=1S/C13H16ClN3O/c1-5-17-11(14)9(6-18)10-8(4)15-12(7(2)3)16-13(10)17/h6-7H,5H2,1-4H3. The van der Waals surface area contributed by atoms with E-state index < -0.39 is 0 Å². The van der Waals surface area contributed by atoms with E-state index in [9.17, 15) is 4.79 Å². The first-order chi connectivity index (χ1) is 8.51. The topological polar surface area (TPSA) is 47.8 Å². The zero-order valence-electron chi connectivity index (χ0n) is 11.0. The predicted octanol–water partition coefficient (Wildman–Crippen LogP) is 3.35. The van der Waals surface area contributed by atoms with E-state index in [1.54, 1.807) is 0 Å². The minimum Gasteiger partial charge on any atom is -0.316 e. The molecule has 2 aromatic heterocycles. The van der Waals surface area contributed by atoms with E-state index in [0.29, 0.717) is 17.3 Å². The van der Waals surface area contributed by atoms with Crippen LogP contribution in [-0.4, -0.2) is 20.8 Å². The van der Waals surface area contributed by atoms with E-state index >= 15 is 0 Å². The lowest BCUT2D eigenvalue weighted by Gasteiger charge is -2.07. The smallest absolute Gasteiger partial charge is 0.153 e. The molecule has 0 aliphatic heterocycles. The summed E-state index contributed by atoms with van der Waals surface area (Å²) >= 11 is 6.22. The molecule has 0 bridgehead atoms. The van der Waals surface area contributed by atoms with Gasteiger partial charge in [0.2, 0.25) is 0 Å². The molecule has 2 aromatic rings. The van der Waals surface area contributed by atoms with Crippen molar-refractivity contribution in [3.05, 3.63) is 22.2 Å². The number of hydrogen-bond donors (Lipinski definition) is 0. The Labute approximate surface area is 111 Å². The number of fused-ring (bicyclic) bond motifs is 1. The molecule has 0 saturated heterocycles. The fourth-order valence-electron chi connectivity index (χ4n) is 2.09. The molecule has 0 aliphatic carbocycles. The number of aromatic nitrogens is 3. The molecule has 0 unspecified atom stereocenters. The first-order valence-electron chi connectivity index (χ1n) is 6.02. The Kier molecular flexibility index (Phi) is 3.39. The number of hydrogen-bond acceptors (Lipinski definition) is 3. The summed E-state index contributed by atoms with van der Waals surface area (Å²) in [7, 11) is 0. The molecule has 0 aliphatic rings. The Bertz CT molecular complexity index is 616. The van der Waals surface area contributed by atoms with Crippen LogP contribution in [0.15, 0.2) is 0 Å². The summed E-state index contributed by atoms with van der Waals surface area (Å²) in [6.07, 6.45) is 0.780. The molecule has 2 heterocycles. The molecular formula is C13H16ClN3O. The molecule has 0 amide bonds. The zero-order valence-corrected chi connectivity index (χ0v) is 11.7. The summed E-state index contributed by atoms with van der Waals surface area (Å²) in [5.41, 5.74) is 2.04. The summed E-state index contributed by atoms with van der Waals surface area (Å²) < 4.78 is 1.85. The highest BCUT2D eigenvalue weighted by Crippen LogP contribution is 2.30. The number of aryl methyl sites for hydroxylation is 2. The number of nitrogens with zero attached hydrogens (tertiary/aromatic N) is 3. The van der Waals surface area contributed by atoms with E-state index in [1.165, 1.54) is 0 Å². The van der Waals surface area contributed by atoms with Gasteiger partial charge in [-0.1, -0.05) is 25.4 Å². The van der Waals surface area contributed by atoms with Gasteiger partial charge in [0, 0.05) is 12.5 Å². The maximum atomic E-state index is 11.2. The lowest BCUT2D eigenvalue weighted by molar-refractivity contribution is 0.112. The summed E-state index contributed by atoms with van der Waals surface area (Å²) in [6, 6.07) is 0. The van der Waals surface area contributed by atoms with E-state index in [2.05, 4.69) is 9.97 Å². The summed E-state index contributed by atoms with van der Waals surface area (Å²) in [5, 5.41) is 1.21. The van der Waals surface area contributed by atoms with Crippen LogP contribution in [0.4, 0.5) is 0 Å². The van der Waals surface area contributed by atoms with Gasteiger partial charge in [-0.3, -0.25) is 4.79 Å². The third kappa shape index (κ3) is 1.81. The Hall–Kier alpha value is -1.42. The van der Waals surface area contributed by atoms with Gasteiger partial charge < -0.3 is 4.57 Å². The van der Waals surface area contributed by atoms with Crippen molar-refractivity contribution in [2.45, 2.75) is 40.2 Å². The predicted molar refractivity (Wildman–Crippen MR) is 72.4 cm³/mol. The summed E-state index contributed by atoms with van der Waals surface area (Å²) in [4.78, 5) is 20.2. The number of aldehydes is 1. The molecule has 5 heteroatoms. The average Bonchev–Trinajstić information content (AvgIpc) is 2.60. The number of rotatable bonds is 3. The van der Waals surface area contributed by atoms with Crippen molar-refractivity contribution in [3.8, 4) is 0 Å². The van der Waals surface area contributed by atoms with Crippen LogP contribution in [0.25, 0.3) is 11.0 Å². The fraction of sp³-hybridized carbons (Fsp3) is 0.462. The molecule has 0 aromatic carbocycles. The van der Waals surface area contributed by atoms with Gasteiger partial charge in [0.1, 0.15) is 16.6 Å². The van der Waals surface area contributed by atoms with Crippen LogP contribution in [-0.2, 0) is 6.54 Å². The number of carbonyl (C=O) groups excluding carboxylic acids is 1. The highest BCUT2D eigenvalue weighted by Gasteiger charge is 2.19. The normalized spacial score (nSPS) is 11.4. The number of halogens is 1. The first kappa shape index (κ1) is 13.0. The second-order valence-electron chi connectivity index (χ2n) is 4.59. The van der Waals surface area contributed by atoms with Crippen LogP contribution in [0.5, 0.6) is 0 Å². The van der Waals surface area contributed by atoms with Crippen molar-refractivity contribution in [2.75, 3.05) is 0 Å². The Balaban J connectivity index is 2.91. The monoisotopic (exact) mass is 265 g/mol. The molecular weight excluding hydrogens is 250 g/mol. The van der Waals surface area contributed by atoms with Crippen molar-refractivity contribution in [1.82, 2.24) is 14.5 Å². The second-order valence-corrected chi connectivity index (χ2v) is 4.95. The maximum Gasteiger partial charge on any atom is 0.153 e. The Morgan fingerprint density at radius 3 is 2.56 bits per heavy atom. The molecule has 0 fully saturated rings. The van der Waals surface area contributed by atoms with Crippen LogP contribution >= 0.6 is 11.6 Å². The van der Waals surface area contributed by atoms with Crippen molar-refractivity contribution in [2.24, 2.45) is 0 Å². The Morgan fingerprint density at radius 2 is 2.06 bits per heavy atom. The van der Waals surface area contributed by atoms with Gasteiger partial charge in [0.15, 0.2) is 6.29 Å². The molecule has 96 valence electrons. The van der Waals surface area contributed by atoms with Crippen LogP contribution in [0, 0.1) is 6.92 Å². The van der Waals surface area contributed by atoms with E-state index in [0.717, 1.165) is 28.8 Å². The fourth-order valence-corrected chi connectivity index (χ4v) is 2.42. The minimum atomic E-state index is 0.242. The van der Waals surface area contributed by atoms with Crippen LogP contribution in [0.1, 0.15) is 48.6 Å². The molecule has 0 saturated carbocycles. The maximum absolute atomic E-state index is 11.2. The molecule has 0 atom stereocenters. The largest absolute Gasteiger partial charge is 0.316 e. The molecule has 2 rings (SSSR count). The van der Waals surface area contributed by atoms with Crippen LogP contribution < -0.4 is 0 Å². The van der Waals surface area contributed by atoms with E-state index in [1.807, 2.05) is 32.3 Å². The van der Waals surface area contributed by atoms with Crippen molar-refractivity contribution in [3.63, 3.8) is 0 Å². The summed E-state index contributed by atoms with van der Waals surface area (Å²) in [6.45, 7) is 8.63. The number of carbonyl (C=O) groups is 1. The van der Waals surface area contributed by atoms with Gasteiger partial charge in [-0.05, 0) is 13.8 Å². The minimum absolute atomic E-state index is 0.242. The third-order valence-electron chi connectivity index (χ3n) is 3.02. The summed E-state index contributed by atoms with van der Waals surface area (Å²) in [5.74, 6) is 1.02. The van der Waals surface area contributed by atoms with Gasteiger partial charge in [-0.2, -0.15) is 0 Å². The van der Waals surface area contributed by atoms with Gasteiger partial charge in [-0.15, -0.1) is 0 Å². The Morgan fingerprint density at radius 1 is 1.39 bits per heavy atom. The average molecular weight is 266 g/mol. The van der Waals surface area contributed by atoms with Crippen LogP contribution in [0.3, 0.4) is 0 Å². The molecule has 18 heavy (non-hydrogen) atoms. The molecule has 0 spiro atoms. The SMILES string of the molecule is CCn1c(Cl)c(C=O)c2c(C)nc(C(C)C)nc21. The van der Waals surface area contributed by atoms with E-state index in [4.69, 9.17) is 11.6 Å². The van der Waals surface area contributed by atoms with Crippen molar-refractivity contribution < 1.29 is 4.79 Å². The lowest BCUT2D eigenvalue weighted by atomic mass is 10.1. The highest BCUT2D eigenvalue weighted by molar-refractivity contribution is 6.34. The van der Waals surface area contributed by atoms with Gasteiger partial charge >= 0.3 is 0 Å². The third-order valence-corrected chi connectivity index (χ3v) is 3.43. The van der Waals surface area contributed by atoms with Crippen LogP contribution in [0.2, 0.25) is 5.15 Å². The van der Waals surface area contributed by atoms with Crippen molar-refractivity contribution >= 4 is 28.9 Å². The quantitative estimate of drug-likeness (QED) is 0.800. The molecule has 0 N–H and O–H groups in total. The molecule has 4 nitrogen and oxygen atoms in total. The lowest BCUT2D eigenvalue weighted by Crippen LogP contribution is -2.03. The second kappa shape index (κ2) is 4.69. The van der Waals surface area contributed by atoms with Crippen molar-refractivity contribution in [1.29, 1.82) is 0 Å². The first-order valence-corrected chi connectivity index (χ1v) is 6.40. The highest BCUT2D eigenvalue weighted by atomic mass is 35.5. The van der Waals surface area contributed by atoms with Gasteiger partial charge in [0.25, 0.3) is 0 Å². The zero-order chi connectivity index (χ0) is 13.4.